The molecule has 3 rings (SSSR count). The number of aliphatic hydroxyl groups is 1. The maximum Gasteiger partial charge on any atom is 0.119 e. The summed E-state index contributed by atoms with van der Waals surface area (Å²) in [5.74, 6) is 2.61. The highest BCUT2D eigenvalue weighted by Gasteiger charge is 2.24. The number of ether oxygens (including phenoxy) is 1. The summed E-state index contributed by atoms with van der Waals surface area (Å²) in [6.45, 7) is 5.25. The highest BCUT2D eigenvalue weighted by atomic mass is 16.5. The lowest BCUT2D eigenvalue weighted by Gasteiger charge is -2.35. The van der Waals surface area contributed by atoms with E-state index in [0.717, 1.165) is 37.3 Å². The van der Waals surface area contributed by atoms with Crippen molar-refractivity contribution in [2.45, 2.75) is 51.6 Å². The second-order valence-corrected chi connectivity index (χ2v) is 7.16. The topological polar surface area (TPSA) is 32.7 Å². The van der Waals surface area contributed by atoms with Gasteiger partial charge < -0.3 is 9.84 Å². The van der Waals surface area contributed by atoms with Crippen molar-refractivity contribution in [2.75, 3.05) is 19.8 Å². The summed E-state index contributed by atoms with van der Waals surface area (Å²) in [7, 11) is 0. The summed E-state index contributed by atoms with van der Waals surface area (Å²) >= 11 is 0. The molecule has 0 saturated heterocycles. The maximum absolute atomic E-state index is 9.50. The average molecular weight is 303 g/mol. The van der Waals surface area contributed by atoms with Crippen LogP contribution in [0, 0.1) is 11.8 Å². The molecule has 0 spiro atoms. The molecule has 1 N–H and O–H groups in total. The van der Waals surface area contributed by atoms with Crippen LogP contribution in [0.5, 0.6) is 5.75 Å². The van der Waals surface area contributed by atoms with Crippen molar-refractivity contribution >= 4 is 0 Å². The third-order valence-electron chi connectivity index (χ3n) is 5.10. The molecule has 1 atom stereocenters. The molecule has 3 nitrogen and oxygen atoms in total. The normalized spacial score (nSPS) is 20.0. The first kappa shape index (κ1) is 15.8. The Morgan fingerprint density at radius 1 is 1.14 bits per heavy atom. The molecule has 0 unspecified atom stereocenters. The third-order valence-corrected chi connectivity index (χ3v) is 5.10. The van der Waals surface area contributed by atoms with Crippen molar-refractivity contribution in [1.29, 1.82) is 0 Å². The Morgan fingerprint density at radius 2 is 1.86 bits per heavy atom. The Labute approximate surface area is 134 Å². The van der Waals surface area contributed by atoms with Crippen molar-refractivity contribution in [3.05, 3.63) is 29.8 Å². The van der Waals surface area contributed by atoms with Crippen LogP contribution in [0.3, 0.4) is 0 Å². The molecule has 2 saturated carbocycles. The third kappa shape index (κ3) is 4.47. The lowest BCUT2D eigenvalue weighted by atomic mass is 9.85. The van der Waals surface area contributed by atoms with E-state index in [4.69, 9.17) is 4.74 Å². The van der Waals surface area contributed by atoms with Gasteiger partial charge in [0.25, 0.3) is 0 Å². The fourth-order valence-corrected chi connectivity index (χ4v) is 2.95. The zero-order valence-corrected chi connectivity index (χ0v) is 13.7. The number of aliphatic hydroxyl groups excluding tert-OH is 1. The molecule has 122 valence electrons. The summed E-state index contributed by atoms with van der Waals surface area (Å²) in [6.07, 6.45) is 6.73. The molecule has 2 aliphatic rings. The minimum absolute atomic E-state index is 0.228. The molecule has 0 aliphatic heterocycles. The van der Waals surface area contributed by atoms with Crippen LogP contribution in [0.25, 0.3) is 0 Å². The van der Waals surface area contributed by atoms with Crippen LogP contribution in [0.15, 0.2) is 24.3 Å². The van der Waals surface area contributed by atoms with Crippen molar-refractivity contribution in [3.8, 4) is 5.75 Å². The summed E-state index contributed by atoms with van der Waals surface area (Å²) in [6, 6.07) is 8.73. The van der Waals surface area contributed by atoms with Crippen LogP contribution >= 0.6 is 0 Å². The summed E-state index contributed by atoms with van der Waals surface area (Å²) in [5.41, 5.74) is 1.30. The van der Waals surface area contributed by atoms with Gasteiger partial charge in [0.15, 0.2) is 0 Å². The first-order chi connectivity index (χ1) is 10.7. The van der Waals surface area contributed by atoms with E-state index in [-0.39, 0.29) is 12.6 Å². The number of rotatable bonds is 9. The number of benzene rings is 1. The van der Waals surface area contributed by atoms with E-state index in [0.29, 0.717) is 0 Å². The predicted molar refractivity (Wildman–Crippen MR) is 89.0 cm³/mol. The van der Waals surface area contributed by atoms with Gasteiger partial charge in [-0.05, 0) is 62.1 Å². The molecule has 22 heavy (non-hydrogen) atoms. The quantitative estimate of drug-likeness (QED) is 0.758. The van der Waals surface area contributed by atoms with Crippen molar-refractivity contribution in [1.82, 2.24) is 4.90 Å². The smallest absolute Gasteiger partial charge is 0.119 e. The lowest BCUT2D eigenvalue weighted by molar-refractivity contribution is 0.0918. The molecule has 2 aliphatic carbocycles. The molecule has 1 aromatic carbocycles. The Kier molecular flexibility index (Phi) is 5.37. The largest absolute Gasteiger partial charge is 0.493 e. The van der Waals surface area contributed by atoms with Crippen LogP contribution in [0.4, 0.5) is 0 Å². The van der Waals surface area contributed by atoms with Gasteiger partial charge in [-0.25, -0.2) is 0 Å². The van der Waals surface area contributed by atoms with E-state index in [1.165, 1.54) is 37.7 Å². The Hall–Kier alpha value is -1.06. The van der Waals surface area contributed by atoms with E-state index >= 15 is 0 Å². The number of hydrogen-bond donors (Lipinski definition) is 1. The summed E-state index contributed by atoms with van der Waals surface area (Å²) < 4.78 is 5.80. The Bertz CT molecular complexity index is 451. The summed E-state index contributed by atoms with van der Waals surface area (Å²) in [4.78, 5) is 2.42. The number of hydrogen-bond acceptors (Lipinski definition) is 3. The first-order valence-electron chi connectivity index (χ1n) is 8.81. The molecule has 0 heterocycles. The standard InChI is InChI=1S/C19H29NO2/c1-15(13-21)20(11-16-3-2-4-16)12-17-7-9-19(10-8-17)22-14-18-5-6-18/h7-10,15-16,18,21H,2-6,11-14H2,1H3/t15-/m1/s1. The van der Waals surface area contributed by atoms with Crippen LogP contribution < -0.4 is 4.74 Å². The molecule has 0 aromatic heterocycles. The lowest BCUT2D eigenvalue weighted by Crippen LogP contribution is -2.40. The molecule has 3 heteroatoms. The van der Waals surface area contributed by atoms with E-state index in [1.54, 1.807) is 0 Å². The van der Waals surface area contributed by atoms with Crippen LogP contribution in [0.2, 0.25) is 0 Å². The molecule has 0 bridgehead atoms. The van der Waals surface area contributed by atoms with Gasteiger partial charge in [-0.2, -0.15) is 0 Å². The second kappa shape index (κ2) is 7.47. The van der Waals surface area contributed by atoms with Gasteiger partial charge >= 0.3 is 0 Å². The van der Waals surface area contributed by atoms with Gasteiger partial charge in [0.05, 0.1) is 13.2 Å². The second-order valence-electron chi connectivity index (χ2n) is 7.16. The Morgan fingerprint density at radius 3 is 2.41 bits per heavy atom. The zero-order valence-electron chi connectivity index (χ0n) is 13.7. The molecule has 2 fully saturated rings. The van der Waals surface area contributed by atoms with Gasteiger partial charge in [0.1, 0.15) is 5.75 Å². The van der Waals surface area contributed by atoms with Gasteiger partial charge in [-0.1, -0.05) is 18.6 Å². The van der Waals surface area contributed by atoms with Gasteiger partial charge in [0.2, 0.25) is 0 Å². The van der Waals surface area contributed by atoms with Crippen LogP contribution in [-0.2, 0) is 6.54 Å². The fraction of sp³-hybridized carbons (Fsp3) is 0.684. The van der Waals surface area contributed by atoms with Gasteiger partial charge in [0, 0.05) is 19.1 Å². The maximum atomic E-state index is 9.50. The SMILES string of the molecule is C[C@H](CO)N(Cc1ccc(OCC2CC2)cc1)CC1CCC1. The monoisotopic (exact) mass is 303 g/mol. The van der Waals surface area contributed by atoms with Gasteiger partial charge in [-0.15, -0.1) is 0 Å². The Balaban J connectivity index is 1.53. The van der Waals surface area contributed by atoms with Gasteiger partial charge in [-0.3, -0.25) is 4.90 Å². The highest BCUT2D eigenvalue weighted by Crippen LogP contribution is 2.30. The molecular weight excluding hydrogens is 274 g/mol. The van der Waals surface area contributed by atoms with Crippen molar-refractivity contribution < 1.29 is 9.84 Å². The minimum atomic E-state index is 0.228. The molecule has 0 radical (unpaired) electrons. The number of nitrogens with zero attached hydrogens (tertiary/aromatic N) is 1. The summed E-state index contributed by atoms with van der Waals surface area (Å²) in [5, 5.41) is 9.50. The predicted octanol–water partition coefficient (Wildman–Crippen LogP) is 3.46. The van der Waals surface area contributed by atoms with Crippen LogP contribution in [0.1, 0.15) is 44.6 Å². The first-order valence-corrected chi connectivity index (χ1v) is 8.81. The highest BCUT2D eigenvalue weighted by molar-refractivity contribution is 5.27. The average Bonchev–Trinajstić information content (AvgIpc) is 3.32. The van der Waals surface area contributed by atoms with Crippen LogP contribution in [-0.4, -0.2) is 35.8 Å². The molecular formula is C19H29NO2. The van der Waals surface area contributed by atoms with E-state index in [9.17, 15) is 5.11 Å². The minimum Gasteiger partial charge on any atom is -0.493 e. The zero-order chi connectivity index (χ0) is 15.4. The fourth-order valence-electron chi connectivity index (χ4n) is 2.95. The molecule has 1 aromatic rings. The van der Waals surface area contributed by atoms with E-state index < -0.39 is 0 Å². The van der Waals surface area contributed by atoms with Crippen molar-refractivity contribution in [2.24, 2.45) is 11.8 Å². The van der Waals surface area contributed by atoms with E-state index in [1.807, 2.05) is 0 Å². The molecule has 0 amide bonds. The van der Waals surface area contributed by atoms with E-state index in [2.05, 4.69) is 36.1 Å². The van der Waals surface area contributed by atoms with Crippen molar-refractivity contribution in [3.63, 3.8) is 0 Å².